The predicted molar refractivity (Wildman–Crippen MR) is 63.4 cm³/mol. The normalized spacial score (nSPS) is 17.5. The minimum absolute atomic E-state index is 0.713. The van der Waals surface area contributed by atoms with Crippen molar-refractivity contribution < 1.29 is 9.47 Å². The summed E-state index contributed by atoms with van der Waals surface area (Å²) < 4.78 is 10.9. The molecule has 0 saturated carbocycles. The second-order valence-electron chi connectivity index (χ2n) is 3.99. The van der Waals surface area contributed by atoms with Gasteiger partial charge < -0.3 is 9.47 Å². The van der Waals surface area contributed by atoms with E-state index in [4.69, 9.17) is 9.47 Å². The predicted octanol–water partition coefficient (Wildman–Crippen LogP) is 1.54. The Bertz CT molecular complexity index is 283. The molecule has 1 saturated heterocycles. The highest BCUT2D eigenvalue weighted by Gasteiger charge is 2.09. The first-order chi connectivity index (χ1) is 7.95. The van der Waals surface area contributed by atoms with Crippen molar-refractivity contribution in [3.05, 3.63) is 35.9 Å². The molecular weight excluding hydrogens is 202 g/mol. The maximum atomic E-state index is 5.64. The highest BCUT2D eigenvalue weighted by Crippen LogP contribution is 2.01. The molecule has 0 amide bonds. The van der Waals surface area contributed by atoms with Gasteiger partial charge in [-0.3, -0.25) is 4.90 Å². The lowest BCUT2D eigenvalue weighted by Gasteiger charge is -2.26. The number of rotatable bonds is 5. The van der Waals surface area contributed by atoms with E-state index >= 15 is 0 Å². The molecule has 1 aliphatic heterocycles. The summed E-state index contributed by atoms with van der Waals surface area (Å²) in [4.78, 5) is 2.38. The lowest BCUT2D eigenvalue weighted by molar-refractivity contribution is 0.0180. The third-order valence-corrected chi connectivity index (χ3v) is 2.77. The molecule has 1 aliphatic rings. The van der Waals surface area contributed by atoms with Crippen LogP contribution in [-0.2, 0) is 16.1 Å². The standard InChI is InChI=1S/C13H19NO2/c1-2-4-13(5-3-1)12-16-11-8-14-6-9-15-10-7-14/h1-5H,6-12H2. The van der Waals surface area contributed by atoms with Gasteiger partial charge in [-0.15, -0.1) is 0 Å². The van der Waals surface area contributed by atoms with Gasteiger partial charge in [-0.05, 0) is 5.56 Å². The molecule has 0 radical (unpaired) electrons. The molecule has 0 spiro atoms. The van der Waals surface area contributed by atoms with Gasteiger partial charge in [-0.25, -0.2) is 0 Å². The lowest BCUT2D eigenvalue weighted by Crippen LogP contribution is -2.38. The number of nitrogens with zero attached hydrogens (tertiary/aromatic N) is 1. The monoisotopic (exact) mass is 221 g/mol. The van der Waals surface area contributed by atoms with E-state index < -0.39 is 0 Å². The smallest absolute Gasteiger partial charge is 0.0717 e. The maximum Gasteiger partial charge on any atom is 0.0717 e. The molecule has 1 aromatic carbocycles. The molecule has 3 heteroatoms. The molecule has 1 heterocycles. The Morgan fingerprint density at radius 3 is 2.62 bits per heavy atom. The van der Waals surface area contributed by atoms with E-state index in [0.717, 1.165) is 39.5 Å². The van der Waals surface area contributed by atoms with Crippen molar-refractivity contribution in [3.63, 3.8) is 0 Å². The van der Waals surface area contributed by atoms with Crippen molar-refractivity contribution in [2.75, 3.05) is 39.5 Å². The first-order valence-corrected chi connectivity index (χ1v) is 5.87. The van der Waals surface area contributed by atoms with Crippen LogP contribution in [0.15, 0.2) is 30.3 Å². The van der Waals surface area contributed by atoms with E-state index in [1.807, 2.05) is 18.2 Å². The number of hydrogen-bond donors (Lipinski definition) is 0. The molecule has 2 rings (SSSR count). The van der Waals surface area contributed by atoms with Gasteiger partial charge in [0, 0.05) is 19.6 Å². The fraction of sp³-hybridized carbons (Fsp3) is 0.538. The van der Waals surface area contributed by atoms with Crippen LogP contribution in [0.5, 0.6) is 0 Å². The summed E-state index contributed by atoms with van der Waals surface area (Å²) in [6.07, 6.45) is 0. The van der Waals surface area contributed by atoms with Gasteiger partial charge >= 0.3 is 0 Å². The molecule has 1 aromatic rings. The quantitative estimate of drug-likeness (QED) is 0.704. The molecule has 0 atom stereocenters. The topological polar surface area (TPSA) is 21.7 Å². The molecule has 0 unspecified atom stereocenters. The van der Waals surface area contributed by atoms with E-state index in [2.05, 4.69) is 17.0 Å². The Hall–Kier alpha value is -0.900. The lowest BCUT2D eigenvalue weighted by atomic mass is 10.2. The van der Waals surface area contributed by atoms with Crippen molar-refractivity contribution in [1.29, 1.82) is 0 Å². The molecule has 3 nitrogen and oxygen atoms in total. The molecule has 0 bridgehead atoms. The first kappa shape index (κ1) is 11.6. The van der Waals surface area contributed by atoms with Crippen molar-refractivity contribution in [3.8, 4) is 0 Å². The number of ether oxygens (including phenoxy) is 2. The minimum atomic E-state index is 0.713. The van der Waals surface area contributed by atoms with Gasteiger partial charge in [0.15, 0.2) is 0 Å². The summed E-state index contributed by atoms with van der Waals surface area (Å²) in [5, 5.41) is 0. The second kappa shape index (κ2) is 6.63. The number of benzene rings is 1. The minimum Gasteiger partial charge on any atom is -0.379 e. The fourth-order valence-corrected chi connectivity index (χ4v) is 1.78. The number of morpholine rings is 1. The third-order valence-electron chi connectivity index (χ3n) is 2.77. The Kier molecular flexibility index (Phi) is 4.80. The summed E-state index contributed by atoms with van der Waals surface area (Å²) >= 11 is 0. The summed E-state index contributed by atoms with van der Waals surface area (Å²) in [6.45, 7) is 6.32. The third kappa shape index (κ3) is 3.93. The average molecular weight is 221 g/mol. The van der Waals surface area contributed by atoms with Crippen LogP contribution >= 0.6 is 0 Å². The van der Waals surface area contributed by atoms with Crippen LogP contribution in [0.1, 0.15) is 5.56 Å². The van der Waals surface area contributed by atoms with Crippen LogP contribution in [0.25, 0.3) is 0 Å². The zero-order valence-corrected chi connectivity index (χ0v) is 9.60. The highest BCUT2D eigenvalue weighted by atomic mass is 16.5. The highest BCUT2D eigenvalue weighted by molar-refractivity contribution is 5.13. The molecular formula is C13H19NO2. The van der Waals surface area contributed by atoms with Crippen molar-refractivity contribution in [1.82, 2.24) is 4.90 Å². The van der Waals surface area contributed by atoms with E-state index in [1.165, 1.54) is 5.56 Å². The van der Waals surface area contributed by atoms with E-state index in [9.17, 15) is 0 Å². The molecule has 0 aliphatic carbocycles. The largest absolute Gasteiger partial charge is 0.379 e. The van der Waals surface area contributed by atoms with Crippen LogP contribution < -0.4 is 0 Å². The van der Waals surface area contributed by atoms with Crippen LogP contribution in [0.2, 0.25) is 0 Å². The molecule has 0 N–H and O–H groups in total. The van der Waals surface area contributed by atoms with Crippen LogP contribution in [0, 0.1) is 0 Å². The molecule has 1 fully saturated rings. The van der Waals surface area contributed by atoms with Crippen LogP contribution in [0.3, 0.4) is 0 Å². The Morgan fingerprint density at radius 1 is 1.12 bits per heavy atom. The van der Waals surface area contributed by atoms with Gasteiger partial charge in [-0.1, -0.05) is 30.3 Å². The van der Waals surface area contributed by atoms with Gasteiger partial charge in [-0.2, -0.15) is 0 Å². The van der Waals surface area contributed by atoms with Gasteiger partial charge in [0.2, 0.25) is 0 Å². The maximum absolute atomic E-state index is 5.64. The first-order valence-electron chi connectivity index (χ1n) is 5.87. The number of hydrogen-bond acceptors (Lipinski definition) is 3. The summed E-state index contributed by atoms with van der Waals surface area (Å²) in [5.74, 6) is 0. The van der Waals surface area contributed by atoms with E-state index in [1.54, 1.807) is 0 Å². The summed E-state index contributed by atoms with van der Waals surface area (Å²) in [5.41, 5.74) is 1.24. The van der Waals surface area contributed by atoms with Gasteiger partial charge in [0.1, 0.15) is 0 Å². The molecule has 0 aromatic heterocycles. The van der Waals surface area contributed by atoms with Gasteiger partial charge in [0.25, 0.3) is 0 Å². The van der Waals surface area contributed by atoms with Crippen LogP contribution in [0.4, 0.5) is 0 Å². The molecule has 16 heavy (non-hydrogen) atoms. The fourth-order valence-electron chi connectivity index (χ4n) is 1.78. The van der Waals surface area contributed by atoms with E-state index in [0.29, 0.717) is 6.61 Å². The van der Waals surface area contributed by atoms with E-state index in [-0.39, 0.29) is 0 Å². The van der Waals surface area contributed by atoms with Crippen molar-refractivity contribution in [2.24, 2.45) is 0 Å². The molecule has 88 valence electrons. The SMILES string of the molecule is c1ccc(COCCN2CCOCC2)cc1. The van der Waals surface area contributed by atoms with Gasteiger partial charge in [0.05, 0.1) is 26.4 Å². The second-order valence-corrected chi connectivity index (χ2v) is 3.99. The average Bonchev–Trinajstić information content (AvgIpc) is 2.37. The van der Waals surface area contributed by atoms with Crippen LogP contribution in [-0.4, -0.2) is 44.4 Å². The zero-order valence-electron chi connectivity index (χ0n) is 9.60. The zero-order chi connectivity index (χ0) is 11.1. The Morgan fingerprint density at radius 2 is 1.88 bits per heavy atom. The summed E-state index contributed by atoms with van der Waals surface area (Å²) in [6, 6.07) is 10.3. The summed E-state index contributed by atoms with van der Waals surface area (Å²) in [7, 11) is 0. The van der Waals surface area contributed by atoms with Crippen molar-refractivity contribution in [2.45, 2.75) is 6.61 Å². The Labute approximate surface area is 97.0 Å². The Balaban J connectivity index is 1.58. The van der Waals surface area contributed by atoms with Crippen molar-refractivity contribution >= 4 is 0 Å².